The van der Waals surface area contributed by atoms with Crippen LogP contribution >= 0.6 is 11.3 Å². The number of carbonyl (C=O) groups excluding carboxylic acids is 2. The molecule has 1 aliphatic rings. The van der Waals surface area contributed by atoms with Crippen molar-refractivity contribution in [2.45, 2.75) is 33.4 Å². The van der Waals surface area contributed by atoms with Gasteiger partial charge in [-0.1, -0.05) is 36.4 Å². The zero-order valence-corrected chi connectivity index (χ0v) is 19.3. The molecule has 0 N–H and O–H groups in total. The molecular formula is C26H26N2O3S. The lowest BCUT2D eigenvalue weighted by Crippen LogP contribution is -2.35. The van der Waals surface area contributed by atoms with E-state index in [2.05, 4.69) is 0 Å². The van der Waals surface area contributed by atoms with Crippen LogP contribution in [0.25, 0.3) is 5.57 Å². The van der Waals surface area contributed by atoms with Crippen LogP contribution < -0.4 is 9.64 Å². The zero-order chi connectivity index (χ0) is 22.7. The quantitative estimate of drug-likeness (QED) is 0.438. The molecule has 0 aliphatic carbocycles. The molecule has 4 rings (SSSR count). The lowest BCUT2D eigenvalue weighted by Gasteiger charge is -2.25. The average Bonchev–Trinajstić information content (AvgIpc) is 3.39. The van der Waals surface area contributed by atoms with E-state index in [-0.39, 0.29) is 17.9 Å². The second kappa shape index (κ2) is 9.40. The number of anilines is 1. The van der Waals surface area contributed by atoms with Gasteiger partial charge in [0.25, 0.3) is 11.8 Å². The van der Waals surface area contributed by atoms with Crippen LogP contribution in [-0.4, -0.2) is 29.4 Å². The smallest absolute Gasteiger partial charge is 0.282 e. The average molecular weight is 447 g/mol. The van der Waals surface area contributed by atoms with Crippen LogP contribution in [0, 0.1) is 0 Å². The number of nitrogens with zero attached hydrogens (tertiary/aromatic N) is 2. The van der Waals surface area contributed by atoms with E-state index in [1.807, 2.05) is 73.5 Å². The van der Waals surface area contributed by atoms with Crippen LogP contribution in [0.4, 0.5) is 5.69 Å². The SMILES string of the molecule is CCN(Cc1ccccc1)C1=C(c2cccs2)C(=O)N(c2ccc(OC(C)C)cc2)C1=O. The maximum Gasteiger partial charge on any atom is 0.282 e. The summed E-state index contributed by atoms with van der Waals surface area (Å²) < 4.78 is 5.70. The number of amides is 2. The minimum atomic E-state index is -0.297. The molecule has 2 aromatic carbocycles. The number of benzene rings is 2. The Hall–Kier alpha value is -3.38. The van der Waals surface area contributed by atoms with Crippen molar-refractivity contribution in [3.63, 3.8) is 0 Å². The summed E-state index contributed by atoms with van der Waals surface area (Å²) in [6, 6.07) is 20.9. The van der Waals surface area contributed by atoms with Crippen molar-refractivity contribution in [3.05, 3.63) is 88.2 Å². The van der Waals surface area contributed by atoms with Crippen LogP contribution in [0.2, 0.25) is 0 Å². The van der Waals surface area contributed by atoms with Gasteiger partial charge in [0.1, 0.15) is 11.4 Å². The number of hydrogen-bond donors (Lipinski definition) is 0. The summed E-state index contributed by atoms with van der Waals surface area (Å²) in [4.78, 5) is 31.3. The van der Waals surface area contributed by atoms with Gasteiger partial charge in [-0.2, -0.15) is 0 Å². The molecule has 3 aromatic rings. The third-order valence-corrected chi connectivity index (χ3v) is 6.10. The summed E-state index contributed by atoms with van der Waals surface area (Å²) in [5.74, 6) is 0.110. The Balaban J connectivity index is 1.72. The highest BCUT2D eigenvalue weighted by molar-refractivity contribution is 7.11. The van der Waals surface area contributed by atoms with Gasteiger partial charge in [0, 0.05) is 18.0 Å². The van der Waals surface area contributed by atoms with Gasteiger partial charge in [0.05, 0.1) is 17.4 Å². The lowest BCUT2D eigenvalue weighted by atomic mass is 10.1. The molecule has 0 atom stereocenters. The van der Waals surface area contributed by atoms with Crippen LogP contribution in [0.5, 0.6) is 5.75 Å². The number of rotatable bonds is 8. The second-order valence-electron chi connectivity index (χ2n) is 7.81. The van der Waals surface area contributed by atoms with E-state index in [4.69, 9.17) is 4.74 Å². The summed E-state index contributed by atoms with van der Waals surface area (Å²) in [5.41, 5.74) is 2.54. The van der Waals surface area contributed by atoms with Crippen molar-refractivity contribution in [3.8, 4) is 5.75 Å². The van der Waals surface area contributed by atoms with Crippen molar-refractivity contribution < 1.29 is 14.3 Å². The topological polar surface area (TPSA) is 49.9 Å². The van der Waals surface area contributed by atoms with Gasteiger partial charge in [0.15, 0.2) is 0 Å². The van der Waals surface area contributed by atoms with E-state index in [0.717, 1.165) is 10.4 Å². The summed E-state index contributed by atoms with van der Waals surface area (Å²) >= 11 is 1.47. The predicted octanol–water partition coefficient (Wildman–Crippen LogP) is 5.34. The van der Waals surface area contributed by atoms with Gasteiger partial charge in [0.2, 0.25) is 0 Å². The van der Waals surface area contributed by atoms with E-state index in [0.29, 0.717) is 35.8 Å². The molecule has 0 bridgehead atoms. The van der Waals surface area contributed by atoms with E-state index in [9.17, 15) is 9.59 Å². The monoisotopic (exact) mass is 446 g/mol. The Morgan fingerprint density at radius 1 is 0.938 bits per heavy atom. The molecule has 0 saturated carbocycles. The molecule has 5 nitrogen and oxygen atoms in total. The molecule has 1 aromatic heterocycles. The molecule has 164 valence electrons. The first-order valence-corrected chi connectivity index (χ1v) is 11.6. The standard InChI is InChI=1S/C26H26N2O3S/c1-4-27(17-19-9-6-5-7-10-19)24-23(22-11-8-16-32-22)25(29)28(26(24)30)20-12-14-21(15-13-20)31-18(2)3/h5-16,18H,4,17H2,1-3H3. The van der Waals surface area contributed by atoms with Gasteiger partial charge >= 0.3 is 0 Å². The Morgan fingerprint density at radius 2 is 1.66 bits per heavy atom. The summed E-state index contributed by atoms with van der Waals surface area (Å²) in [5, 5.41) is 1.92. The van der Waals surface area contributed by atoms with Crippen molar-refractivity contribution in [2.24, 2.45) is 0 Å². The lowest BCUT2D eigenvalue weighted by molar-refractivity contribution is -0.120. The normalized spacial score (nSPS) is 13.9. The number of carbonyl (C=O) groups is 2. The summed E-state index contributed by atoms with van der Waals surface area (Å²) in [7, 11) is 0. The van der Waals surface area contributed by atoms with Gasteiger partial charge in [-0.05, 0) is 62.0 Å². The van der Waals surface area contributed by atoms with Crippen molar-refractivity contribution in [2.75, 3.05) is 11.4 Å². The molecule has 1 aliphatic heterocycles. The molecule has 0 radical (unpaired) electrons. The van der Waals surface area contributed by atoms with Gasteiger partial charge in [-0.15, -0.1) is 11.3 Å². The molecule has 2 amide bonds. The van der Waals surface area contributed by atoms with Crippen molar-refractivity contribution >= 4 is 34.4 Å². The molecular weight excluding hydrogens is 420 g/mol. The van der Waals surface area contributed by atoms with Crippen molar-refractivity contribution in [1.29, 1.82) is 0 Å². The minimum Gasteiger partial charge on any atom is -0.491 e. The highest BCUT2D eigenvalue weighted by Crippen LogP contribution is 2.37. The first-order chi connectivity index (χ1) is 15.5. The summed E-state index contributed by atoms with van der Waals surface area (Å²) in [6.07, 6.45) is 0.0469. The highest BCUT2D eigenvalue weighted by Gasteiger charge is 2.42. The Bertz CT molecular complexity index is 1120. The minimum absolute atomic E-state index is 0.0469. The fourth-order valence-electron chi connectivity index (χ4n) is 3.79. The fraction of sp³-hybridized carbons (Fsp3) is 0.231. The molecule has 0 saturated heterocycles. The first-order valence-electron chi connectivity index (χ1n) is 10.7. The van der Waals surface area contributed by atoms with Crippen molar-refractivity contribution in [1.82, 2.24) is 4.90 Å². The molecule has 32 heavy (non-hydrogen) atoms. The van der Waals surface area contributed by atoms with E-state index >= 15 is 0 Å². The Kier molecular flexibility index (Phi) is 6.42. The maximum absolute atomic E-state index is 13.7. The maximum atomic E-state index is 13.7. The summed E-state index contributed by atoms with van der Waals surface area (Å²) in [6.45, 7) is 7.07. The molecule has 0 fully saturated rings. The van der Waals surface area contributed by atoms with Crippen LogP contribution in [0.15, 0.2) is 77.8 Å². The third kappa shape index (κ3) is 4.32. The number of thiophene rings is 1. The second-order valence-corrected chi connectivity index (χ2v) is 8.75. The van der Waals surface area contributed by atoms with E-state index in [1.165, 1.54) is 16.2 Å². The largest absolute Gasteiger partial charge is 0.491 e. The van der Waals surface area contributed by atoms with Crippen LogP contribution in [0.1, 0.15) is 31.2 Å². The Morgan fingerprint density at radius 3 is 2.25 bits per heavy atom. The third-order valence-electron chi connectivity index (χ3n) is 5.21. The van der Waals surface area contributed by atoms with Crippen LogP contribution in [-0.2, 0) is 16.1 Å². The number of likely N-dealkylation sites (N-methyl/N-ethyl adjacent to an activating group) is 1. The van der Waals surface area contributed by atoms with Crippen LogP contribution in [0.3, 0.4) is 0 Å². The molecule has 0 unspecified atom stereocenters. The molecule has 2 heterocycles. The fourth-order valence-corrected chi connectivity index (χ4v) is 4.55. The highest BCUT2D eigenvalue weighted by atomic mass is 32.1. The molecule has 6 heteroatoms. The van der Waals surface area contributed by atoms with Gasteiger partial charge in [-0.3, -0.25) is 9.59 Å². The van der Waals surface area contributed by atoms with E-state index in [1.54, 1.807) is 24.3 Å². The predicted molar refractivity (Wildman–Crippen MR) is 128 cm³/mol. The number of ether oxygens (including phenoxy) is 1. The number of imide groups is 1. The molecule has 0 spiro atoms. The Labute approximate surface area is 192 Å². The first kappa shape index (κ1) is 21.8. The zero-order valence-electron chi connectivity index (χ0n) is 18.4. The van der Waals surface area contributed by atoms with E-state index < -0.39 is 0 Å². The van der Waals surface area contributed by atoms with Gasteiger partial charge in [-0.25, -0.2) is 4.90 Å². The van der Waals surface area contributed by atoms with Gasteiger partial charge < -0.3 is 9.64 Å². The number of hydrogen-bond acceptors (Lipinski definition) is 5.